The van der Waals surface area contributed by atoms with E-state index in [-0.39, 0.29) is 23.4 Å². The molecule has 0 radical (unpaired) electrons. The largest absolute Gasteiger partial charge is 0.489 e. The van der Waals surface area contributed by atoms with E-state index in [4.69, 9.17) is 4.74 Å². The minimum absolute atomic E-state index is 0.0880. The van der Waals surface area contributed by atoms with Gasteiger partial charge in [0.25, 0.3) is 0 Å². The fourth-order valence-corrected chi connectivity index (χ4v) is 1.73. The quantitative estimate of drug-likeness (QED) is 0.632. The van der Waals surface area contributed by atoms with Gasteiger partial charge in [0.15, 0.2) is 11.6 Å². The number of hydrogen-bond donors (Lipinski definition) is 0. The van der Waals surface area contributed by atoms with Gasteiger partial charge in [-0.05, 0) is 35.8 Å². The average Bonchev–Trinajstić information content (AvgIpc) is 2.29. The number of ether oxygens (including phenoxy) is 2. The Labute approximate surface area is 106 Å². The zero-order chi connectivity index (χ0) is 13.0. The molecule has 3 nitrogen and oxygen atoms in total. The van der Waals surface area contributed by atoms with Crippen LogP contribution in [0.25, 0.3) is 0 Å². The molecule has 0 heterocycles. The van der Waals surface area contributed by atoms with E-state index in [1.54, 1.807) is 13.8 Å². The Morgan fingerprint density at radius 1 is 1.29 bits per heavy atom. The molecular weight excluding hydrogens is 298 g/mol. The summed E-state index contributed by atoms with van der Waals surface area (Å²) in [5.74, 6) is -3.63. The maximum absolute atomic E-state index is 13.6. The first-order valence-corrected chi connectivity index (χ1v) is 5.79. The molecule has 0 aromatic heterocycles. The molecule has 0 N–H and O–H groups in total. The Bertz CT molecular complexity index is 435. The molecule has 1 aromatic rings. The molecule has 0 atom stereocenters. The summed E-state index contributed by atoms with van der Waals surface area (Å²) in [6, 6.07) is 1.14. The van der Waals surface area contributed by atoms with E-state index < -0.39 is 23.2 Å². The van der Waals surface area contributed by atoms with Crippen LogP contribution in [0.3, 0.4) is 0 Å². The highest BCUT2D eigenvalue weighted by Crippen LogP contribution is 2.32. The number of carbonyl (C=O) groups excluding carboxylic acids is 1. The van der Waals surface area contributed by atoms with E-state index in [1.165, 1.54) is 0 Å². The molecule has 0 unspecified atom stereocenters. The van der Waals surface area contributed by atoms with Crippen LogP contribution in [-0.4, -0.2) is 19.2 Å². The van der Waals surface area contributed by atoms with Crippen LogP contribution in [0.5, 0.6) is 5.75 Å². The fourth-order valence-electron chi connectivity index (χ4n) is 1.21. The van der Waals surface area contributed by atoms with Crippen molar-refractivity contribution >= 4 is 21.9 Å². The van der Waals surface area contributed by atoms with Gasteiger partial charge in [0.05, 0.1) is 23.2 Å². The Hall–Kier alpha value is -1.17. The Morgan fingerprint density at radius 2 is 1.94 bits per heavy atom. The van der Waals surface area contributed by atoms with E-state index in [9.17, 15) is 13.6 Å². The lowest BCUT2D eigenvalue weighted by molar-refractivity contribution is 0.0519. The Balaban J connectivity index is 3.23. The van der Waals surface area contributed by atoms with Crippen LogP contribution < -0.4 is 4.74 Å². The van der Waals surface area contributed by atoms with Crippen molar-refractivity contribution in [3.63, 3.8) is 0 Å². The molecule has 0 bridgehead atoms. The number of esters is 1. The summed E-state index contributed by atoms with van der Waals surface area (Å²) in [5, 5.41) is 0. The first kappa shape index (κ1) is 13.9. The zero-order valence-electron chi connectivity index (χ0n) is 9.35. The minimum Gasteiger partial charge on any atom is -0.489 e. The van der Waals surface area contributed by atoms with Crippen LogP contribution in [0.4, 0.5) is 8.78 Å². The summed E-state index contributed by atoms with van der Waals surface area (Å²) in [5.41, 5.74) is -0.459. The third-order valence-corrected chi connectivity index (χ3v) is 2.49. The van der Waals surface area contributed by atoms with Crippen molar-refractivity contribution in [2.75, 3.05) is 13.2 Å². The second-order valence-electron chi connectivity index (χ2n) is 3.02. The van der Waals surface area contributed by atoms with Crippen LogP contribution in [0, 0.1) is 11.6 Å². The molecule has 0 aliphatic heterocycles. The van der Waals surface area contributed by atoms with Gasteiger partial charge in [0.2, 0.25) is 5.82 Å². The molecule has 0 aliphatic carbocycles. The highest BCUT2D eigenvalue weighted by atomic mass is 79.9. The van der Waals surface area contributed by atoms with Gasteiger partial charge in [-0.15, -0.1) is 0 Å². The van der Waals surface area contributed by atoms with Crippen LogP contribution in [-0.2, 0) is 4.74 Å². The van der Waals surface area contributed by atoms with E-state index in [0.717, 1.165) is 6.07 Å². The van der Waals surface area contributed by atoms with Gasteiger partial charge in [0, 0.05) is 0 Å². The van der Waals surface area contributed by atoms with Crippen LogP contribution in [0.2, 0.25) is 0 Å². The molecule has 0 saturated carbocycles. The first-order chi connectivity index (χ1) is 8.02. The lowest BCUT2D eigenvalue weighted by Gasteiger charge is -2.10. The van der Waals surface area contributed by atoms with Crippen molar-refractivity contribution in [2.45, 2.75) is 13.8 Å². The second kappa shape index (κ2) is 5.95. The van der Waals surface area contributed by atoms with Crippen molar-refractivity contribution in [1.82, 2.24) is 0 Å². The highest BCUT2D eigenvalue weighted by molar-refractivity contribution is 9.10. The number of halogens is 3. The molecule has 0 amide bonds. The van der Waals surface area contributed by atoms with Crippen molar-refractivity contribution in [1.29, 1.82) is 0 Å². The molecule has 0 saturated heterocycles. The van der Waals surface area contributed by atoms with Crippen LogP contribution in [0.1, 0.15) is 24.2 Å². The molecule has 0 fully saturated rings. The maximum Gasteiger partial charge on any atom is 0.341 e. The minimum atomic E-state index is -1.27. The highest BCUT2D eigenvalue weighted by Gasteiger charge is 2.23. The van der Waals surface area contributed by atoms with Gasteiger partial charge in [-0.25, -0.2) is 9.18 Å². The summed E-state index contributed by atoms with van der Waals surface area (Å²) < 4.78 is 36.8. The smallest absolute Gasteiger partial charge is 0.341 e. The summed E-state index contributed by atoms with van der Waals surface area (Å²) in [6.45, 7) is 3.50. The molecule has 94 valence electrons. The molecule has 1 rings (SSSR count). The van der Waals surface area contributed by atoms with E-state index in [0.29, 0.717) is 0 Å². The first-order valence-electron chi connectivity index (χ1n) is 5.00. The third kappa shape index (κ3) is 2.94. The topological polar surface area (TPSA) is 35.5 Å². The lowest BCUT2D eigenvalue weighted by atomic mass is 10.2. The van der Waals surface area contributed by atoms with E-state index in [2.05, 4.69) is 20.7 Å². The van der Waals surface area contributed by atoms with Crippen molar-refractivity contribution < 1.29 is 23.0 Å². The predicted molar refractivity (Wildman–Crippen MR) is 61.2 cm³/mol. The van der Waals surface area contributed by atoms with Gasteiger partial charge in [-0.3, -0.25) is 0 Å². The van der Waals surface area contributed by atoms with Crippen molar-refractivity contribution in [3.05, 3.63) is 27.7 Å². The molecule has 0 spiro atoms. The summed E-state index contributed by atoms with van der Waals surface area (Å²) in [4.78, 5) is 11.3. The summed E-state index contributed by atoms with van der Waals surface area (Å²) in [7, 11) is 0. The van der Waals surface area contributed by atoms with Crippen molar-refractivity contribution in [3.8, 4) is 5.75 Å². The van der Waals surface area contributed by atoms with E-state index in [1.807, 2.05) is 0 Å². The summed E-state index contributed by atoms with van der Waals surface area (Å²) in [6.07, 6.45) is 0. The standard InChI is InChI=1S/C11H11BrF2O3/c1-3-16-10-7(12)5-6(8(13)9(10)14)11(15)17-4-2/h5H,3-4H2,1-2H3. The summed E-state index contributed by atoms with van der Waals surface area (Å²) >= 11 is 3.01. The Morgan fingerprint density at radius 3 is 2.47 bits per heavy atom. The Kier molecular flexibility index (Phi) is 4.86. The van der Waals surface area contributed by atoms with Crippen LogP contribution >= 0.6 is 15.9 Å². The number of hydrogen-bond acceptors (Lipinski definition) is 3. The second-order valence-corrected chi connectivity index (χ2v) is 3.87. The third-order valence-electron chi connectivity index (χ3n) is 1.90. The molecule has 6 heteroatoms. The van der Waals surface area contributed by atoms with Crippen molar-refractivity contribution in [2.24, 2.45) is 0 Å². The molecule has 0 aliphatic rings. The average molecular weight is 309 g/mol. The fraction of sp³-hybridized carbons (Fsp3) is 0.364. The normalized spacial score (nSPS) is 10.2. The van der Waals surface area contributed by atoms with Gasteiger partial charge in [-0.1, -0.05) is 0 Å². The number of rotatable bonds is 4. The zero-order valence-corrected chi connectivity index (χ0v) is 10.9. The molecule has 17 heavy (non-hydrogen) atoms. The van der Waals surface area contributed by atoms with Gasteiger partial charge >= 0.3 is 5.97 Å². The monoisotopic (exact) mass is 308 g/mol. The SMILES string of the molecule is CCOC(=O)c1cc(Br)c(OCC)c(F)c1F. The molecule has 1 aromatic carbocycles. The molecular formula is C11H11BrF2O3. The maximum atomic E-state index is 13.6. The van der Waals surface area contributed by atoms with E-state index >= 15 is 0 Å². The van der Waals surface area contributed by atoms with Crippen LogP contribution in [0.15, 0.2) is 10.5 Å². The predicted octanol–water partition coefficient (Wildman–Crippen LogP) is 3.30. The van der Waals surface area contributed by atoms with Gasteiger partial charge in [-0.2, -0.15) is 4.39 Å². The lowest BCUT2D eigenvalue weighted by Crippen LogP contribution is -2.10. The van der Waals surface area contributed by atoms with Gasteiger partial charge in [0.1, 0.15) is 0 Å². The number of carbonyl (C=O) groups is 1. The number of benzene rings is 1. The van der Waals surface area contributed by atoms with Gasteiger partial charge < -0.3 is 9.47 Å².